The van der Waals surface area contributed by atoms with Crippen molar-refractivity contribution < 1.29 is 14.3 Å². The number of aromatic hydroxyl groups is 1. The monoisotopic (exact) mass is 379 g/mol. The van der Waals surface area contributed by atoms with Gasteiger partial charge in [-0.15, -0.1) is 10.2 Å². The molecular weight excluding hydrogens is 362 g/mol. The van der Waals surface area contributed by atoms with Gasteiger partial charge >= 0.3 is 5.63 Å². The summed E-state index contributed by atoms with van der Waals surface area (Å²) in [6.45, 7) is 2.99. The minimum atomic E-state index is -0.434. The van der Waals surface area contributed by atoms with Crippen molar-refractivity contribution in [2.24, 2.45) is 0 Å². The topological polar surface area (TPSA) is 97.5 Å². The normalized spacial score (nSPS) is 11.1. The molecule has 1 aromatic carbocycles. The van der Waals surface area contributed by atoms with Crippen molar-refractivity contribution in [2.45, 2.75) is 17.0 Å². The van der Waals surface area contributed by atoms with Gasteiger partial charge in [0.1, 0.15) is 11.3 Å². The number of aryl methyl sites for hydroxylation is 1. The van der Waals surface area contributed by atoms with Crippen molar-refractivity contribution in [1.82, 2.24) is 10.2 Å². The summed E-state index contributed by atoms with van der Waals surface area (Å²) in [4.78, 5) is 11.8. The molecule has 7 nitrogen and oxygen atoms in total. The van der Waals surface area contributed by atoms with Crippen LogP contribution in [0.4, 0.5) is 5.13 Å². The molecule has 2 N–H and O–H groups in total. The second-order valence-electron chi connectivity index (χ2n) is 5.26. The summed E-state index contributed by atoms with van der Waals surface area (Å²) in [5, 5.41) is 22.7. The minimum absolute atomic E-state index is 0.108. The third kappa shape index (κ3) is 4.12. The van der Waals surface area contributed by atoms with Gasteiger partial charge in [0.05, 0.1) is 6.61 Å². The van der Waals surface area contributed by atoms with Crippen LogP contribution in [-0.4, -0.2) is 35.6 Å². The number of hydrogen-bond donors (Lipinski definition) is 2. The molecule has 0 aliphatic carbocycles. The molecule has 2 aromatic heterocycles. The zero-order valence-corrected chi connectivity index (χ0v) is 15.4. The van der Waals surface area contributed by atoms with Crippen LogP contribution in [0.25, 0.3) is 11.0 Å². The highest BCUT2D eigenvalue weighted by Gasteiger charge is 2.12. The molecule has 0 atom stereocenters. The Morgan fingerprint density at radius 1 is 1.40 bits per heavy atom. The third-order valence-electron chi connectivity index (χ3n) is 3.56. The van der Waals surface area contributed by atoms with E-state index in [4.69, 9.17) is 9.15 Å². The molecule has 0 aliphatic heterocycles. The second-order valence-corrected chi connectivity index (χ2v) is 7.46. The number of phenols is 1. The maximum Gasteiger partial charge on any atom is 0.336 e. The Morgan fingerprint density at radius 2 is 2.24 bits per heavy atom. The Hall–Kier alpha value is -2.10. The molecular formula is C16H17N3O4S2. The largest absolute Gasteiger partial charge is 0.508 e. The van der Waals surface area contributed by atoms with Crippen molar-refractivity contribution in [2.75, 3.05) is 25.6 Å². The summed E-state index contributed by atoms with van der Waals surface area (Å²) in [5.74, 6) is 0.662. The molecule has 0 aliphatic rings. The molecule has 9 heteroatoms. The molecule has 0 spiro atoms. The number of fused-ring (bicyclic) bond motifs is 1. The first-order valence-electron chi connectivity index (χ1n) is 7.53. The molecule has 3 aromatic rings. The lowest BCUT2D eigenvalue weighted by Gasteiger charge is -2.07. The zero-order valence-electron chi connectivity index (χ0n) is 13.7. The van der Waals surface area contributed by atoms with Crippen molar-refractivity contribution >= 4 is 39.2 Å². The van der Waals surface area contributed by atoms with Crippen molar-refractivity contribution in [1.29, 1.82) is 0 Å². The number of phenolic OH excluding ortho intramolecular Hbond substituents is 1. The Kier molecular flexibility index (Phi) is 5.57. The molecule has 2 heterocycles. The van der Waals surface area contributed by atoms with E-state index in [0.29, 0.717) is 30.1 Å². The first-order valence-corrected chi connectivity index (χ1v) is 9.33. The van der Waals surface area contributed by atoms with Gasteiger partial charge in [0.15, 0.2) is 4.34 Å². The van der Waals surface area contributed by atoms with Crippen LogP contribution in [-0.2, 0) is 10.5 Å². The summed E-state index contributed by atoms with van der Waals surface area (Å²) in [6, 6.07) is 4.84. The summed E-state index contributed by atoms with van der Waals surface area (Å²) in [6.07, 6.45) is 0. The number of anilines is 1. The molecule has 132 valence electrons. The first-order chi connectivity index (χ1) is 12.1. The highest BCUT2D eigenvalue weighted by molar-refractivity contribution is 8.00. The predicted octanol–water partition coefficient (Wildman–Crippen LogP) is 3.01. The predicted molar refractivity (Wildman–Crippen MR) is 98.7 cm³/mol. The van der Waals surface area contributed by atoms with Gasteiger partial charge in [-0.25, -0.2) is 4.79 Å². The van der Waals surface area contributed by atoms with Gasteiger partial charge < -0.3 is 19.6 Å². The highest BCUT2D eigenvalue weighted by Crippen LogP contribution is 2.32. The van der Waals surface area contributed by atoms with Crippen LogP contribution < -0.4 is 10.9 Å². The minimum Gasteiger partial charge on any atom is -0.508 e. The van der Waals surface area contributed by atoms with Crippen molar-refractivity contribution in [3.8, 4) is 5.75 Å². The Morgan fingerprint density at radius 3 is 3.04 bits per heavy atom. The number of nitrogens with one attached hydrogen (secondary N) is 1. The molecule has 0 fully saturated rings. The molecule has 0 amide bonds. The standard InChI is InChI=1S/C16H17N3O4S2/c1-9-12(20)4-3-11-10(7-13(21)23-14(9)11)8-24-16-19-18-15(25-16)17-5-6-22-2/h3-4,7,20H,5-6,8H2,1-2H3,(H,17,18). The van der Waals surface area contributed by atoms with E-state index in [1.54, 1.807) is 26.2 Å². The Labute approximate surface area is 152 Å². The quantitative estimate of drug-likeness (QED) is 0.367. The lowest BCUT2D eigenvalue weighted by molar-refractivity contribution is 0.211. The highest BCUT2D eigenvalue weighted by atomic mass is 32.2. The fourth-order valence-corrected chi connectivity index (χ4v) is 4.04. The van der Waals surface area contributed by atoms with E-state index in [1.165, 1.54) is 29.2 Å². The molecule has 3 rings (SSSR count). The van der Waals surface area contributed by atoms with Crippen LogP contribution >= 0.6 is 23.1 Å². The fraction of sp³-hybridized carbons (Fsp3) is 0.312. The summed E-state index contributed by atoms with van der Waals surface area (Å²) < 4.78 is 11.0. The molecule has 0 unspecified atom stereocenters. The second kappa shape index (κ2) is 7.85. The van der Waals surface area contributed by atoms with Crippen LogP contribution in [0, 0.1) is 6.92 Å². The van der Waals surface area contributed by atoms with Crippen LogP contribution in [0.1, 0.15) is 11.1 Å². The third-order valence-corrected chi connectivity index (χ3v) is 5.62. The van der Waals surface area contributed by atoms with E-state index in [0.717, 1.165) is 20.4 Å². The van der Waals surface area contributed by atoms with E-state index in [1.807, 2.05) is 0 Å². The van der Waals surface area contributed by atoms with Crippen LogP contribution in [0.3, 0.4) is 0 Å². The van der Waals surface area contributed by atoms with E-state index in [9.17, 15) is 9.90 Å². The van der Waals surface area contributed by atoms with Gasteiger partial charge in [-0.05, 0) is 24.6 Å². The maximum atomic E-state index is 11.8. The maximum absolute atomic E-state index is 11.8. The number of hydrogen-bond acceptors (Lipinski definition) is 9. The van der Waals surface area contributed by atoms with Gasteiger partial charge in [-0.3, -0.25) is 0 Å². The van der Waals surface area contributed by atoms with E-state index >= 15 is 0 Å². The van der Waals surface area contributed by atoms with E-state index in [-0.39, 0.29) is 5.75 Å². The van der Waals surface area contributed by atoms with Crippen LogP contribution in [0.15, 0.2) is 31.8 Å². The Bertz CT molecular complexity index is 939. The number of ether oxygens (including phenoxy) is 1. The Balaban J connectivity index is 1.77. The average Bonchev–Trinajstić information content (AvgIpc) is 3.04. The zero-order chi connectivity index (χ0) is 17.8. The van der Waals surface area contributed by atoms with Gasteiger partial charge in [0.2, 0.25) is 5.13 Å². The number of aromatic nitrogens is 2. The summed E-state index contributed by atoms with van der Waals surface area (Å²) in [7, 11) is 1.64. The SMILES string of the molecule is COCCNc1nnc(SCc2cc(=O)oc3c(C)c(O)ccc23)s1. The number of methoxy groups -OCH3 is 1. The van der Waals surface area contributed by atoms with E-state index < -0.39 is 5.63 Å². The summed E-state index contributed by atoms with van der Waals surface area (Å²) >= 11 is 2.95. The molecule has 0 radical (unpaired) electrons. The lowest BCUT2D eigenvalue weighted by atomic mass is 10.1. The average molecular weight is 379 g/mol. The van der Waals surface area contributed by atoms with Gasteiger partial charge in [-0.2, -0.15) is 0 Å². The first kappa shape index (κ1) is 17.7. The molecule has 0 bridgehead atoms. The molecule has 0 saturated carbocycles. The number of thioether (sulfide) groups is 1. The van der Waals surface area contributed by atoms with Crippen molar-refractivity contribution in [3.05, 3.63) is 39.7 Å². The van der Waals surface area contributed by atoms with Crippen molar-refractivity contribution in [3.63, 3.8) is 0 Å². The fourth-order valence-electron chi connectivity index (χ4n) is 2.27. The molecule has 25 heavy (non-hydrogen) atoms. The lowest BCUT2D eigenvalue weighted by Crippen LogP contribution is -2.06. The van der Waals surface area contributed by atoms with Gasteiger partial charge in [0, 0.05) is 36.4 Å². The van der Waals surface area contributed by atoms with Gasteiger partial charge in [-0.1, -0.05) is 23.1 Å². The number of nitrogens with zero attached hydrogens (tertiary/aromatic N) is 2. The summed E-state index contributed by atoms with van der Waals surface area (Å²) in [5.41, 5.74) is 1.38. The number of benzene rings is 1. The smallest absolute Gasteiger partial charge is 0.336 e. The van der Waals surface area contributed by atoms with E-state index in [2.05, 4.69) is 15.5 Å². The van der Waals surface area contributed by atoms with Crippen LogP contribution in [0.2, 0.25) is 0 Å². The van der Waals surface area contributed by atoms with Crippen LogP contribution in [0.5, 0.6) is 5.75 Å². The number of rotatable bonds is 7. The van der Waals surface area contributed by atoms with Gasteiger partial charge in [0.25, 0.3) is 0 Å². The molecule has 0 saturated heterocycles.